The first-order valence-corrected chi connectivity index (χ1v) is 15.0. The summed E-state index contributed by atoms with van der Waals surface area (Å²) in [5, 5.41) is 7.85. The van der Waals surface area contributed by atoms with E-state index in [1.165, 1.54) is 65.3 Å². The molecule has 0 saturated carbocycles. The molecule has 0 unspecified atom stereocenters. The molecule has 0 N–H and O–H groups in total. The van der Waals surface area contributed by atoms with E-state index < -0.39 is 0 Å². The normalized spacial score (nSPS) is 14.1. The van der Waals surface area contributed by atoms with E-state index in [0.29, 0.717) is 23.7 Å². The van der Waals surface area contributed by atoms with E-state index in [-0.39, 0.29) is 0 Å². The Balaban J connectivity index is 1.57. The predicted octanol–water partition coefficient (Wildman–Crippen LogP) is 7.33. The summed E-state index contributed by atoms with van der Waals surface area (Å²) in [6, 6.07) is 22.9. The summed E-state index contributed by atoms with van der Waals surface area (Å²) in [7, 11) is 0. The Morgan fingerprint density at radius 1 is 0.375 bits per heavy atom. The number of hydrogen-bond donors (Lipinski definition) is 0. The smallest absolute Gasteiger partial charge is 0.0519 e. The molecule has 2 aliphatic rings. The average molecular weight is 527 g/mol. The van der Waals surface area contributed by atoms with Crippen LogP contribution in [0.2, 0.25) is 0 Å². The second-order valence-electron chi connectivity index (χ2n) is 12.8. The van der Waals surface area contributed by atoms with E-state index in [9.17, 15) is 0 Å². The van der Waals surface area contributed by atoms with Gasteiger partial charge in [-0.05, 0) is 66.8 Å². The van der Waals surface area contributed by atoms with Crippen LogP contribution in [0.25, 0.3) is 35.6 Å². The van der Waals surface area contributed by atoms with Crippen molar-refractivity contribution in [2.75, 3.05) is 9.80 Å². The summed E-state index contributed by atoms with van der Waals surface area (Å²) >= 11 is 0. The van der Waals surface area contributed by atoms with Gasteiger partial charge < -0.3 is 9.80 Å². The molecule has 0 aromatic heterocycles. The molecule has 0 aliphatic carbocycles. The molecule has 0 amide bonds. The highest BCUT2D eigenvalue weighted by Crippen LogP contribution is 2.37. The Morgan fingerprint density at radius 2 is 0.625 bits per heavy atom. The number of para-hydroxylation sites is 2. The first-order valence-electron chi connectivity index (χ1n) is 15.0. The third-order valence-corrected chi connectivity index (χ3v) is 8.60. The number of anilines is 2. The number of nitrogens with zero attached hydrogens (tertiary/aromatic N) is 2. The van der Waals surface area contributed by atoms with Gasteiger partial charge in [0.15, 0.2) is 0 Å². The maximum Gasteiger partial charge on any atom is 0.0519 e. The van der Waals surface area contributed by atoms with Crippen molar-refractivity contribution in [2.24, 2.45) is 0 Å². The van der Waals surface area contributed by atoms with Gasteiger partial charge in [-0.2, -0.15) is 0 Å². The van der Waals surface area contributed by atoms with Crippen molar-refractivity contribution in [3.05, 3.63) is 104 Å². The van der Waals surface area contributed by atoms with Gasteiger partial charge in [0.2, 0.25) is 0 Å². The minimum Gasteiger partial charge on any atom is -0.322 e. The lowest BCUT2D eigenvalue weighted by Crippen LogP contribution is -2.36. The van der Waals surface area contributed by atoms with E-state index in [0.717, 1.165) is 0 Å². The Hall–Kier alpha value is -3.78. The summed E-state index contributed by atoms with van der Waals surface area (Å²) in [6.07, 6.45) is 9.39. The van der Waals surface area contributed by atoms with E-state index in [1.807, 2.05) is 0 Å². The van der Waals surface area contributed by atoms with Gasteiger partial charge in [0.25, 0.3) is 0 Å². The van der Waals surface area contributed by atoms with Gasteiger partial charge in [0.1, 0.15) is 0 Å². The second-order valence-corrected chi connectivity index (χ2v) is 12.8. The molecule has 6 rings (SSSR count). The highest BCUT2D eigenvalue weighted by Gasteiger charge is 2.22. The van der Waals surface area contributed by atoms with Gasteiger partial charge in [0.05, 0.1) is 11.4 Å². The molecule has 0 radical (unpaired) electrons. The van der Waals surface area contributed by atoms with Crippen LogP contribution in [0.3, 0.4) is 0 Å². The monoisotopic (exact) mass is 526 g/mol. The van der Waals surface area contributed by atoms with Crippen LogP contribution in [0.4, 0.5) is 11.4 Å². The van der Waals surface area contributed by atoms with E-state index >= 15 is 0 Å². The van der Waals surface area contributed by atoms with Crippen LogP contribution in [-0.4, -0.2) is 0 Å². The molecule has 0 saturated heterocycles. The molecular weight excluding hydrogens is 484 g/mol. The molecule has 0 bridgehead atoms. The molecule has 0 spiro atoms. The maximum atomic E-state index is 2.39. The molecule has 4 aromatic rings. The first-order chi connectivity index (χ1) is 19.2. The Morgan fingerprint density at radius 3 is 0.850 bits per heavy atom. The standard InChI is InChI=1S/C38H42N2/c1-23(2)31-11-9-12-32(24(3)4)37(31)39-19-27-15-17-29-21-40(22-30-18-16-28(20-39)35(27)36(29)30)38-33(25(5)6)13-10-14-34(38)26(7)8/h9-26H,1-8H3. The SMILES string of the molecule is CC(C)c1cccc(C(C)C)c1N1C=c2ccc3c4c(ccc(c24)=C1)=CN(c1c(C(C)C)cccc1C(C)C)C=3. The van der Waals surface area contributed by atoms with Gasteiger partial charge in [-0.15, -0.1) is 0 Å². The number of rotatable bonds is 6. The maximum absolute atomic E-state index is 2.39. The molecule has 40 heavy (non-hydrogen) atoms. The molecule has 204 valence electrons. The first kappa shape index (κ1) is 26.4. The summed E-state index contributed by atoms with van der Waals surface area (Å²) in [6.45, 7) is 18.4. The van der Waals surface area contributed by atoms with Gasteiger partial charge >= 0.3 is 0 Å². The number of hydrogen-bond acceptors (Lipinski definition) is 2. The zero-order chi connectivity index (χ0) is 28.3. The van der Waals surface area contributed by atoms with Crippen LogP contribution in [0, 0.1) is 0 Å². The van der Waals surface area contributed by atoms with Crippen LogP contribution >= 0.6 is 0 Å². The fourth-order valence-electron chi connectivity index (χ4n) is 6.59. The minimum atomic E-state index is 0.451. The zero-order valence-electron chi connectivity index (χ0n) is 25.3. The van der Waals surface area contributed by atoms with Crippen molar-refractivity contribution in [2.45, 2.75) is 79.1 Å². The summed E-state index contributed by atoms with van der Waals surface area (Å²) in [5.74, 6) is 1.80. The second kappa shape index (κ2) is 10.0. The van der Waals surface area contributed by atoms with Gasteiger partial charge in [-0.25, -0.2) is 0 Å². The number of benzene rings is 4. The van der Waals surface area contributed by atoms with Crippen LogP contribution in [-0.2, 0) is 0 Å². The van der Waals surface area contributed by atoms with Crippen LogP contribution in [0.15, 0.2) is 60.7 Å². The lowest BCUT2D eigenvalue weighted by molar-refractivity contribution is 0.833. The van der Waals surface area contributed by atoms with E-state index in [4.69, 9.17) is 0 Å². The quantitative estimate of drug-likeness (QED) is 0.260. The van der Waals surface area contributed by atoms with Crippen LogP contribution < -0.4 is 30.7 Å². The minimum absolute atomic E-state index is 0.451. The van der Waals surface area contributed by atoms with Crippen molar-refractivity contribution in [3.63, 3.8) is 0 Å². The van der Waals surface area contributed by atoms with Crippen molar-refractivity contribution in [1.82, 2.24) is 0 Å². The fourth-order valence-corrected chi connectivity index (χ4v) is 6.59. The van der Waals surface area contributed by atoms with Crippen LogP contribution in [0.1, 0.15) is 101 Å². The summed E-state index contributed by atoms with van der Waals surface area (Å²) in [5.41, 5.74) is 8.26. The molecule has 2 heterocycles. The summed E-state index contributed by atoms with van der Waals surface area (Å²) in [4.78, 5) is 4.78. The average Bonchev–Trinajstić information content (AvgIpc) is 2.94. The molecule has 2 aliphatic heterocycles. The van der Waals surface area contributed by atoms with Crippen molar-refractivity contribution in [3.8, 4) is 0 Å². The largest absolute Gasteiger partial charge is 0.322 e. The topological polar surface area (TPSA) is 6.48 Å². The van der Waals surface area contributed by atoms with Gasteiger partial charge in [-0.3, -0.25) is 0 Å². The third kappa shape index (κ3) is 4.25. The van der Waals surface area contributed by atoms with Gasteiger partial charge in [-0.1, -0.05) is 116 Å². The Labute approximate surface area is 239 Å². The predicted molar refractivity (Wildman–Crippen MR) is 175 cm³/mol. The van der Waals surface area contributed by atoms with Crippen molar-refractivity contribution in [1.29, 1.82) is 0 Å². The van der Waals surface area contributed by atoms with Crippen LogP contribution in [0.5, 0.6) is 0 Å². The molecule has 2 heteroatoms. The van der Waals surface area contributed by atoms with E-state index in [2.05, 4.69) is 151 Å². The van der Waals surface area contributed by atoms with Crippen molar-refractivity contribution >= 4 is 46.9 Å². The Bertz CT molecular complexity index is 1610. The fraction of sp³-hybridized carbons (Fsp3) is 0.316. The lowest BCUT2D eigenvalue weighted by Gasteiger charge is -2.29. The van der Waals surface area contributed by atoms with Crippen molar-refractivity contribution < 1.29 is 0 Å². The molecule has 0 atom stereocenters. The zero-order valence-corrected chi connectivity index (χ0v) is 25.3. The lowest BCUT2D eigenvalue weighted by atomic mass is 9.91. The third-order valence-electron chi connectivity index (χ3n) is 8.60. The molecular formula is C38H42N2. The molecule has 0 fully saturated rings. The highest BCUT2D eigenvalue weighted by molar-refractivity contribution is 5.95. The van der Waals surface area contributed by atoms with E-state index in [1.54, 1.807) is 0 Å². The molecule has 4 aromatic carbocycles. The Kier molecular flexibility index (Phi) is 6.61. The molecule has 2 nitrogen and oxygen atoms in total. The summed E-state index contributed by atoms with van der Waals surface area (Å²) < 4.78 is 0. The highest BCUT2D eigenvalue weighted by atomic mass is 15.1. The van der Waals surface area contributed by atoms with Gasteiger partial charge in [0, 0.05) is 35.6 Å².